The molecule has 1 atom stereocenters. The summed E-state index contributed by atoms with van der Waals surface area (Å²) in [6.07, 6.45) is 0. The maximum atomic E-state index is 12.5. The van der Waals surface area contributed by atoms with Gasteiger partial charge in [-0.25, -0.2) is 8.42 Å². The number of sulfonamides is 1. The number of nitro groups is 1. The molecule has 0 spiro atoms. The summed E-state index contributed by atoms with van der Waals surface area (Å²) < 4.78 is 27.4. The lowest BCUT2D eigenvalue weighted by Gasteiger charge is -2.27. The molecule has 0 aliphatic carbocycles. The maximum Gasteiger partial charge on any atom is 0.289 e. The van der Waals surface area contributed by atoms with Crippen LogP contribution in [0.3, 0.4) is 0 Å². The minimum absolute atomic E-state index is 0.343. The quantitative estimate of drug-likeness (QED) is 0.594. The Labute approximate surface area is 141 Å². The maximum absolute atomic E-state index is 12.5. The van der Waals surface area contributed by atoms with E-state index in [0.717, 1.165) is 12.1 Å². The number of nitrogens with zero attached hydrogens (tertiary/aromatic N) is 1. The molecule has 0 saturated heterocycles. The molecule has 8 nitrogen and oxygen atoms in total. The zero-order valence-corrected chi connectivity index (χ0v) is 15.2. The number of hydrogen-bond donors (Lipinski definition) is 2. The van der Waals surface area contributed by atoms with Gasteiger partial charge in [-0.2, -0.15) is 4.72 Å². The van der Waals surface area contributed by atoms with E-state index >= 15 is 0 Å². The van der Waals surface area contributed by atoms with Gasteiger partial charge in [0.25, 0.3) is 5.69 Å². The molecule has 0 aliphatic rings. The van der Waals surface area contributed by atoms with E-state index in [1.54, 1.807) is 34.6 Å². The molecular formula is C15H23N3O5S. The highest BCUT2D eigenvalue weighted by atomic mass is 32.2. The molecule has 1 aromatic carbocycles. The van der Waals surface area contributed by atoms with Crippen molar-refractivity contribution < 1.29 is 18.1 Å². The molecule has 1 rings (SSSR count). The van der Waals surface area contributed by atoms with E-state index in [-0.39, 0.29) is 5.92 Å². The molecule has 0 heterocycles. The average Bonchev–Trinajstić information content (AvgIpc) is 2.42. The van der Waals surface area contributed by atoms with Gasteiger partial charge in [-0.1, -0.05) is 26.0 Å². The van der Waals surface area contributed by atoms with Crippen LogP contribution in [0.25, 0.3) is 0 Å². The molecule has 0 bridgehead atoms. The van der Waals surface area contributed by atoms with Gasteiger partial charge in [-0.05, 0) is 32.8 Å². The lowest BCUT2D eigenvalue weighted by atomic mass is 10.0. The third-order valence-electron chi connectivity index (χ3n) is 3.08. The normalized spacial score (nSPS) is 13.6. The van der Waals surface area contributed by atoms with Crippen molar-refractivity contribution in [3.05, 3.63) is 34.4 Å². The first-order chi connectivity index (χ1) is 10.8. The fraction of sp³-hybridized carbons (Fsp3) is 0.533. The highest BCUT2D eigenvalue weighted by molar-refractivity contribution is 7.89. The number of carbonyl (C=O) groups is 1. The summed E-state index contributed by atoms with van der Waals surface area (Å²) in [6, 6.07) is 3.96. The summed E-state index contributed by atoms with van der Waals surface area (Å²) in [5.74, 6) is -0.829. The van der Waals surface area contributed by atoms with Gasteiger partial charge in [0.1, 0.15) is 6.04 Å². The van der Waals surface area contributed by atoms with Crippen molar-refractivity contribution in [1.29, 1.82) is 0 Å². The van der Waals surface area contributed by atoms with Gasteiger partial charge < -0.3 is 5.32 Å². The van der Waals surface area contributed by atoms with Crippen LogP contribution in [-0.2, 0) is 14.8 Å². The van der Waals surface area contributed by atoms with E-state index in [9.17, 15) is 23.3 Å². The van der Waals surface area contributed by atoms with Crippen LogP contribution in [-0.4, -0.2) is 30.8 Å². The molecule has 1 aromatic rings. The number of benzene rings is 1. The van der Waals surface area contributed by atoms with Crippen LogP contribution in [0.1, 0.15) is 34.6 Å². The van der Waals surface area contributed by atoms with Gasteiger partial charge in [0.05, 0.1) is 4.92 Å². The fourth-order valence-corrected chi connectivity index (χ4v) is 3.52. The van der Waals surface area contributed by atoms with E-state index in [0.29, 0.717) is 0 Å². The van der Waals surface area contributed by atoms with E-state index in [1.165, 1.54) is 12.1 Å². The second-order valence-corrected chi connectivity index (χ2v) is 8.49. The number of carbonyl (C=O) groups excluding carboxylic acids is 1. The zero-order chi connectivity index (χ0) is 18.7. The van der Waals surface area contributed by atoms with Crippen molar-refractivity contribution in [2.75, 3.05) is 0 Å². The van der Waals surface area contributed by atoms with Crippen molar-refractivity contribution >= 4 is 21.6 Å². The van der Waals surface area contributed by atoms with Gasteiger partial charge in [0.15, 0.2) is 4.90 Å². The number of amides is 1. The smallest absolute Gasteiger partial charge is 0.289 e. The highest BCUT2D eigenvalue weighted by Gasteiger charge is 2.33. The Hall–Kier alpha value is -2.00. The van der Waals surface area contributed by atoms with Crippen LogP contribution in [0.2, 0.25) is 0 Å². The number of para-hydroxylation sites is 1. The van der Waals surface area contributed by atoms with Crippen LogP contribution in [0.5, 0.6) is 0 Å². The van der Waals surface area contributed by atoms with Gasteiger partial charge in [-0.15, -0.1) is 0 Å². The van der Waals surface area contributed by atoms with Crippen LogP contribution < -0.4 is 10.0 Å². The molecule has 0 saturated carbocycles. The van der Waals surface area contributed by atoms with Gasteiger partial charge in [0, 0.05) is 11.6 Å². The first-order valence-electron chi connectivity index (χ1n) is 7.43. The lowest BCUT2D eigenvalue weighted by Crippen LogP contribution is -2.54. The molecule has 1 amide bonds. The predicted octanol–water partition coefficient (Wildman–Crippen LogP) is 1.81. The van der Waals surface area contributed by atoms with Gasteiger partial charge >= 0.3 is 0 Å². The molecule has 134 valence electrons. The Balaban J connectivity index is 3.19. The topological polar surface area (TPSA) is 118 Å². The fourth-order valence-electron chi connectivity index (χ4n) is 2.01. The van der Waals surface area contributed by atoms with E-state index in [4.69, 9.17) is 0 Å². The van der Waals surface area contributed by atoms with E-state index < -0.39 is 43.0 Å². The second kappa shape index (κ2) is 7.27. The third-order valence-corrected chi connectivity index (χ3v) is 4.57. The molecule has 0 unspecified atom stereocenters. The molecule has 9 heteroatoms. The standard InChI is InChI=1S/C15H23N3O5S/c1-10(2)13(14(19)16-15(3,4)5)17-24(22,23)12-9-7-6-8-11(12)18(20)21/h6-10,13,17H,1-5H3,(H,16,19)/t13-/m0/s1. The molecule has 2 N–H and O–H groups in total. The average molecular weight is 357 g/mol. The highest BCUT2D eigenvalue weighted by Crippen LogP contribution is 2.23. The minimum Gasteiger partial charge on any atom is -0.350 e. The molecule has 24 heavy (non-hydrogen) atoms. The summed E-state index contributed by atoms with van der Waals surface area (Å²) in [5, 5.41) is 13.8. The largest absolute Gasteiger partial charge is 0.350 e. The monoisotopic (exact) mass is 357 g/mol. The first-order valence-corrected chi connectivity index (χ1v) is 8.91. The van der Waals surface area contributed by atoms with Crippen LogP contribution in [0.4, 0.5) is 5.69 Å². The number of hydrogen-bond acceptors (Lipinski definition) is 5. The Morgan fingerprint density at radius 3 is 2.21 bits per heavy atom. The number of rotatable bonds is 6. The van der Waals surface area contributed by atoms with Crippen LogP contribution in [0, 0.1) is 16.0 Å². The van der Waals surface area contributed by atoms with Crippen molar-refractivity contribution in [1.82, 2.24) is 10.0 Å². The first kappa shape index (κ1) is 20.0. The molecule has 0 radical (unpaired) electrons. The van der Waals surface area contributed by atoms with E-state index in [2.05, 4.69) is 10.0 Å². The Bertz CT molecular complexity index is 723. The van der Waals surface area contributed by atoms with Gasteiger partial charge in [0.2, 0.25) is 15.9 Å². The lowest BCUT2D eigenvalue weighted by molar-refractivity contribution is -0.387. The van der Waals surface area contributed by atoms with E-state index in [1.807, 2.05) is 0 Å². The third kappa shape index (κ3) is 5.27. The summed E-state index contributed by atoms with van der Waals surface area (Å²) in [6.45, 7) is 8.71. The van der Waals surface area contributed by atoms with Crippen molar-refractivity contribution in [2.45, 2.75) is 51.1 Å². The minimum atomic E-state index is -4.23. The summed E-state index contributed by atoms with van der Waals surface area (Å²) in [4.78, 5) is 22.2. The summed E-state index contributed by atoms with van der Waals surface area (Å²) in [7, 11) is -4.23. The van der Waals surface area contributed by atoms with Crippen molar-refractivity contribution in [2.24, 2.45) is 5.92 Å². The SMILES string of the molecule is CC(C)[C@H](NS(=O)(=O)c1ccccc1[N+](=O)[O-])C(=O)NC(C)(C)C. The van der Waals surface area contributed by atoms with Crippen LogP contribution >= 0.6 is 0 Å². The molecule has 0 aromatic heterocycles. The Kier molecular flexibility index (Phi) is 6.07. The Morgan fingerprint density at radius 2 is 1.75 bits per heavy atom. The second-order valence-electron chi connectivity index (χ2n) is 6.81. The predicted molar refractivity (Wildman–Crippen MR) is 89.9 cm³/mol. The van der Waals surface area contributed by atoms with Gasteiger partial charge in [-0.3, -0.25) is 14.9 Å². The molecule has 0 fully saturated rings. The molecule has 0 aliphatic heterocycles. The number of nitro benzene ring substituents is 1. The molecular weight excluding hydrogens is 334 g/mol. The Morgan fingerprint density at radius 1 is 1.21 bits per heavy atom. The summed E-state index contributed by atoms with van der Waals surface area (Å²) >= 11 is 0. The van der Waals surface area contributed by atoms with Crippen LogP contribution in [0.15, 0.2) is 29.2 Å². The summed E-state index contributed by atoms with van der Waals surface area (Å²) in [5.41, 5.74) is -1.07. The van der Waals surface area contributed by atoms with Crippen molar-refractivity contribution in [3.8, 4) is 0 Å². The van der Waals surface area contributed by atoms with Crippen molar-refractivity contribution in [3.63, 3.8) is 0 Å². The zero-order valence-electron chi connectivity index (χ0n) is 14.4. The number of nitrogens with one attached hydrogen (secondary N) is 2.